The summed E-state index contributed by atoms with van der Waals surface area (Å²) in [5, 5.41) is 0. The van der Waals surface area contributed by atoms with E-state index >= 15 is 0 Å². The van der Waals surface area contributed by atoms with Gasteiger partial charge in [0.25, 0.3) is 0 Å². The Morgan fingerprint density at radius 2 is 1.86 bits per heavy atom. The Balaban J connectivity index is 2.66. The van der Waals surface area contributed by atoms with E-state index in [-0.39, 0.29) is 0 Å². The van der Waals surface area contributed by atoms with Gasteiger partial charge in [-0.3, -0.25) is 0 Å². The largest absolute Gasteiger partial charge is 0.0651 e. The van der Waals surface area contributed by atoms with Gasteiger partial charge in [-0.2, -0.15) is 0 Å². The first-order valence-corrected chi connectivity index (χ1v) is 6.47. The molecule has 0 heteroatoms. The van der Waals surface area contributed by atoms with E-state index < -0.39 is 0 Å². The Bertz CT molecular complexity index is 184. The number of hydrogen-bond donors (Lipinski definition) is 0. The average Bonchev–Trinajstić information content (AvgIpc) is 2.15. The standard InChI is InChI=1S/C14H28/c1-7-10(3)12(5)14(6)9-11(4)13(14)8-2/h10-13H,7-9H2,1-6H3. The highest BCUT2D eigenvalue weighted by Gasteiger charge is 2.50. The van der Waals surface area contributed by atoms with E-state index in [2.05, 4.69) is 41.5 Å². The lowest BCUT2D eigenvalue weighted by molar-refractivity contribution is -0.0813. The zero-order chi connectivity index (χ0) is 10.9. The molecule has 0 spiro atoms. The van der Waals surface area contributed by atoms with Crippen LogP contribution < -0.4 is 0 Å². The fraction of sp³-hybridized carbons (Fsp3) is 1.00. The molecule has 84 valence electrons. The van der Waals surface area contributed by atoms with Crippen LogP contribution >= 0.6 is 0 Å². The predicted octanol–water partition coefficient (Wildman–Crippen LogP) is 4.74. The van der Waals surface area contributed by atoms with Gasteiger partial charge in [0.15, 0.2) is 0 Å². The van der Waals surface area contributed by atoms with Crippen molar-refractivity contribution in [3.63, 3.8) is 0 Å². The molecule has 0 radical (unpaired) electrons. The summed E-state index contributed by atoms with van der Waals surface area (Å²) in [6, 6.07) is 0. The van der Waals surface area contributed by atoms with Crippen molar-refractivity contribution in [2.24, 2.45) is 29.1 Å². The first-order valence-electron chi connectivity index (χ1n) is 6.47. The Hall–Kier alpha value is 0. The maximum Gasteiger partial charge on any atom is -0.0264 e. The van der Waals surface area contributed by atoms with Gasteiger partial charge in [0, 0.05) is 0 Å². The van der Waals surface area contributed by atoms with Gasteiger partial charge in [-0.1, -0.05) is 54.4 Å². The van der Waals surface area contributed by atoms with Crippen LogP contribution in [0.15, 0.2) is 0 Å². The second-order valence-corrected chi connectivity index (χ2v) is 5.88. The Kier molecular flexibility index (Phi) is 3.66. The van der Waals surface area contributed by atoms with Crippen LogP contribution in [0.2, 0.25) is 0 Å². The highest BCUT2D eigenvalue weighted by atomic mass is 14.6. The van der Waals surface area contributed by atoms with Gasteiger partial charge in [0.2, 0.25) is 0 Å². The molecule has 5 unspecified atom stereocenters. The van der Waals surface area contributed by atoms with Crippen molar-refractivity contribution in [3.05, 3.63) is 0 Å². The molecule has 1 saturated carbocycles. The lowest BCUT2D eigenvalue weighted by Crippen LogP contribution is -2.50. The highest BCUT2D eigenvalue weighted by molar-refractivity contribution is 4.99. The third-order valence-corrected chi connectivity index (χ3v) is 5.27. The van der Waals surface area contributed by atoms with Crippen LogP contribution in [0.5, 0.6) is 0 Å². The molecule has 0 amide bonds. The van der Waals surface area contributed by atoms with Crippen molar-refractivity contribution < 1.29 is 0 Å². The average molecular weight is 196 g/mol. The van der Waals surface area contributed by atoms with E-state index in [4.69, 9.17) is 0 Å². The Morgan fingerprint density at radius 1 is 1.29 bits per heavy atom. The summed E-state index contributed by atoms with van der Waals surface area (Å²) < 4.78 is 0. The molecular weight excluding hydrogens is 168 g/mol. The molecule has 1 aliphatic carbocycles. The molecule has 0 aliphatic heterocycles. The van der Waals surface area contributed by atoms with Crippen LogP contribution in [-0.2, 0) is 0 Å². The van der Waals surface area contributed by atoms with Crippen LogP contribution in [-0.4, -0.2) is 0 Å². The molecule has 5 atom stereocenters. The van der Waals surface area contributed by atoms with Gasteiger partial charge in [-0.05, 0) is 35.5 Å². The summed E-state index contributed by atoms with van der Waals surface area (Å²) in [7, 11) is 0. The Morgan fingerprint density at radius 3 is 2.21 bits per heavy atom. The molecule has 0 aromatic carbocycles. The van der Waals surface area contributed by atoms with Crippen LogP contribution in [0.1, 0.15) is 60.8 Å². The van der Waals surface area contributed by atoms with Crippen molar-refractivity contribution in [1.29, 1.82) is 0 Å². The molecule has 1 fully saturated rings. The fourth-order valence-corrected chi connectivity index (χ4v) is 3.87. The lowest BCUT2D eigenvalue weighted by Gasteiger charge is -2.57. The quantitative estimate of drug-likeness (QED) is 0.609. The van der Waals surface area contributed by atoms with Gasteiger partial charge in [0.1, 0.15) is 0 Å². The van der Waals surface area contributed by atoms with Crippen molar-refractivity contribution in [1.82, 2.24) is 0 Å². The van der Waals surface area contributed by atoms with Crippen molar-refractivity contribution in [2.75, 3.05) is 0 Å². The summed E-state index contributed by atoms with van der Waals surface area (Å²) in [5.74, 6) is 3.73. The smallest absolute Gasteiger partial charge is 0.0264 e. The molecular formula is C14H28. The van der Waals surface area contributed by atoms with Crippen molar-refractivity contribution >= 4 is 0 Å². The summed E-state index contributed by atoms with van der Waals surface area (Å²) >= 11 is 0. The normalized spacial score (nSPS) is 41.6. The molecule has 0 bridgehead atoms. The summed E-state index contributed by atoms with van der Waals surface area (Å²) in [4.78, 5) is 0. The second kappa shape index (κ2) is 4.24. The minimum atomic E-state index is 0.642. The van der Waals surface area contributed by atoms with Crippen LogP contribution in [0.25, 0.3) is 0 Å². The zero-order valence-corrected chi connectivity index (χ0v) is 10.9. The van der Waals surface area contributed by atoms with Gasteiger partial charge in [-0.15, -0.1) is 0 Å². The van der Waals surface area contributed by atoms with E-state index in [1.54, 1.807) is 0 Å². The van der Waals surface area contributed by atoms with Crippen LogP contribution in [0.4, 0.5) is 0 Å². The SMILES string of the molecule is CCC(C)C(C)C1(C)CC(C)C1CC. The van der Waals surface area contributed by atoms with Crippen LogP contribution in [0, 0.1) is 29.1 Å². The minimum Gasteiger partial charge on any atom is -0.0651 e. The molecule has 0 saturated heterocycles. The van der Waals surface area contributed by atoms with Gasteiger partial charge >= 0.3 is 0 Å². The maximum atomic E-state index is 2.53. The predicted molar refractivity (Wildman–Crippen MR) is 64.3 cm³/mol. The molecule has 0 heterocycles. The summed E-state index contributed by atoms with van der Waals surface area (Å²) in [6.07, 6.45) is 4.16. The van der Waals surface area contributed by atoms with E-state index in [0.717, 1.165) is 23.7 Å². The van der Waals surface area contributed by atoms with Gasteiger partial charge in [0.05, 0.1) is 0 Å². The molecule has 0 N–H and O–H groups in total. The first-order chi connectivity index (χ1) is 6.47. The molecule has 1 rings (SSSR count). The third kappa shape index (κ3) is 1.73. The third-order valence-electron chi connectivity index (χ3n) is 5.27. The zero-order valence-electron chi connectivity index (χ0n) is 10.9. The second-order valence-electron chi connectivity index (χ2n) is 5.88. The van der Waals surface area contributed by atoms with Gasteiger partial charge in [-0.25, -0.2) is 0 Å². The molecule has 1 aliphatic rings. The Labute approximate surface area is 90.5 Å². The minimum absolute atomic E-state index is 0.642. The fourth-order valence-electron chi connectivity index (χ4n) is 3.87. The monoisotopic (exact) mass is 196 g/mol. The number of hydrogen-bond acceptors (Lipinski definition) is 0. The van der Waals surface area contributed by atoms with Gasteiger partial charge < -0.3 is 0 Å². The van der Waals surface area contributed by atoms with Crippen LogP contribution in [0.3, 0.4) is 0 Å². The highest BCUT2D eigenvalue weighted by Crippen LogP contribution is 2.58. The van der Waals surface area contributed by atoms with Crippen molar-refractivity contribution in [3.8, 4) is 0 Å². The first kappa shape index (κ1) is 12.1. The lowest BCUT2D eigenvalue weighted by atomic mass is 9.48. The topological polar surface area (TPSA) is 0 Å². The van der Waals surface area contributed by atoms with E-state index in [0.29, 0.717) is 5.41 Å². The van der Waals surface area contributed by atoms with E-state index in [1.807, 2.05) is 0 Å². The number of rotatable bonds is 4. The molecule has 0 nitrogen and oxygen atoms in total. The van der Waals surface area contributed by atoms with Crippen molar-refractivity contribution in [2.45, 2.75) is 60.8 Å². The summed E-state index contributed by atoms with van der Waals surface area (Å²) in [5.41, 5.74) is 0.642. The van der Waals surface area contributed by atoms with E-state index in [1.165, 1.54) is 19.3 Å². The summed E-state index contributed by atoms with van der Waals surface area (Å²) in [6.45, 7) is 14.5. The maximum absolute atomic E-state index is 2.53. The molecule has 14 heavy (non-hydrogen) atoms. The van der Waals surface area contributed by atoms with E-state index in [9.17, 15) is 0 Å². The molecule has 0 aromatic heterocycles. The molecule has 0 aromatic rings.